The number of benzene rings is 1. The molecule has 1 aliphatic rings. The van der Waals surface area contributed by atoms with Crippen molar-refractivity contribution in [2.24, 2.45) is 5.92 Å². The minimum atomic E-state index is -0.158. The summed E-state index contributed by atoms with van der Waals surface area (Å²) in [5, 5.41) is 7.04. The highest BCUT2D eigenvalue weighted by Crippen LogP contribution is 2.22. The molecule has 0 unspecified atom stereocenters. The van der Waals surface area contributed by atoms with Gasteiger partial charge in [0.2, 0.25) is 0 Å². The van der Waals surface area contributed by atoms with Gasteiger partial charge in [-0.1, -0.05) is 18.2 Å². The minimum Gasteiger partial charge on any atom is -0.335 e. The smallest absolute Gasteiger partial charge is 0.319 e. The summed E-state index contributed by atoms with van der Waals surface area (Å²) < 4.78 is 0. The van der Waals surface area contributed by atoms with Gasteiger partial charge in [0.15, 0.2) is 0 Å². The Morgan fingerprint density at radius 2 is 2.00 bits per heavy atom. The zero-order valence-corrected chi connectivity index (χ0v) is 13.7. The molecule has 0 spiro atoms. The van der Waals surface area contributed by atoms with Gasteiger partial charge in [-0.05, 0) is 58.0 Å². The van der Waals surface area contributed by atoms with E-state index in [1.165, 1.54) is 0 Å². The molecule has 2 N–H and O–H groups in total. The number of likely N-dealkylation sites (tertiary alicyclic amines) is 1. The molecular formula is C18H24N4O. The lowest BCUT2D eigenvalue weighted by molar-refractivity contribution is 0.189. The van der Waals surface area contributed by atoms with E-state index >= 15 is 0 Å². The summed E-state index contributed by atoms with van der Waals surface area (Å²) in [6, 6.07) is 9.71. The average Bonchev–Trinajstić information content (AvgIpc) is 2.55. The van der Waals surface area contributed by atoms with E-state index < -0.39 is 0 Å². The molecule has 1 saturated heterocycles. The number of para-hydroxylation sites is 1. The zero-order chi connectivity index (χ0) is 16.2. The highest BCUT2D eigenvalue weighted by Gasteiger charge is 2.23. The molecule has 5 heteroatoms. The van der Waals surface area contributed by atoms with Crippen molar-refractivity contribution in [3.05, 3.63) is 36.5 Å². The van der Waals surface area contributed by atoms with Crippen molar-refractivity contribution in [3.63, 3.8) is 0 Å². The fraction of sp³-hybridized carbons (Fsp3) is 0.444. The third-order valence-corrected chi connectivity index (χ3v) is 4.71. The Labute approximate surface area is 137 Å². The first kappa shape index (κ1) is 15.7. The number of pyridine rings is 1. The molecule has 1 aromatic heterocycles. The summed E-state index contributed by atoms with van der Waals surface area (Å²) in [6.45, 7) is 4.30. The monoisotopic (exact) mass is 312 g/mol. The number of hydrogen-bond donors (Lipinski definition) is 2. The molecular weight excluding hydrogens is 288 g/mol. The maximum absolute atomic E-state index is 12.3. The third-order valence-electron chi connectivity index (χ3n) is 4.71. The van der Waals surface area contributed by atoms with Crippen molar-refractivity contribution in [1.82, 2.24) is 15.2 Å². The predicted molar refractivity (Wildman–Crippen MR) is 93.6 cm³/mol. The first-order chi connectivity index (χ1) is 11.1. The lowest BCUT2D eigenvalue weighted by atomic mass is 9.91. The number of anilines is 1. The SMILES string of the molecule is C[C@@H](NC(=O)Nc1cccc2cccnc12)C1CCN(C)CC1. The Balaban J connectivity index is 1.62. The molecule has 1 atom stereocenters. The number of amides is 2. The molecule has 23 heavy (non-hydrogen) atoms. The molecule has 5 nitrogen and oxygen atoms in total. The lowest BCUT2D eigenvalue weighted by Crippen LogP contribution is -2.44. The summed E-state index contributed by atoms with van der Waals surface area (Å²) in [7, 11) is 2.15. The van der Waals surface area contributed by atoms with Crippen LogP contribution in [0.1, 0.15) is 19.8 Å². The molecule has 2 heterocycles. The first-order valence-electron chi connectivity index (χ1n) is 8.23. The Morgan fingerprint density at radius 1 is 1.26 bits per heavy atom. The van der Waals surface area contributed by atoms with E-state index in [0.717, 1.165) is 42.5 Å². The van der Waals surface area contributed by atoms with Crippen molar-refractivity contribution in [1.29, 1.82) is 0 Å². The summed E-state index contributed by atoms with van der Waals surface area (Å²) in [4.78, 5) is 19.0. The van der Waals surface area contributed by atoms with E-state index in [1.807, 2.05) is 30.3 Å². The van der Waals surface area contributed by atoms with Crippen molar-refractivity contribution < 1.29 is 4.79 Å². The van der Waals surface area contributed by atoms with Crippen molar-refractivity contribution in [3.8, 4) is 0 Å². The van der Waals surface area contributed by atoms with Crippen LogP contribution in [0.3, 0.4) is 0 Å². The molecule has 2 aromatic rings. The number of piperidine rings is 1. The number of nitrogens with one attached hydrogen (secondary N) is 2. The van der Waals surface area contributed by atoms with Gasteiger partial charge in [-0.15, -0.1) is 0 Å². The predicted octanol–water partition coefficient (Wildman–Crippen LogP) is 3.09. The van der Waals surface area contributed by atoms with E-state index in [2.05, 4.69) is 34.5 Å². The first-order valence-corrected chi connectivity index (χ1v) is 8.23. The number of hydrogen-bond acceptors (Lipinski definition) is 3. The fourth-order valence-electron chi connectivity index (χ4n) is 3.22. The van der Waals surface area contributed by atoms with Gasteiger partial charge in [0.05, 0.1) is 11.2 Å². The van der Waals surface area contributed by atoms with E-state index in [-0.39, 0.29) is 12.1 Å². The average molecular weight is 312 g/mol. The number of rotatable bonds is 3. The molecule has 0 saturated carbocycles. The van der Waals surface area contributed by atoms with Gasteiger partial charge in [0.25, 0.3) is 0 Å². The number of carbonyl (C=O) groups excluding carboxylic acids is 1. The number of nitrogens with zero attached hydrogens (tertiary/aromatic N) is 2. The highest BCUT2D eigenvalue weighted by atomic mass is 16.2. The number of aromatic nitrogens is 1. The largest absolute Gasteiger partial charge is 0.335 e. The van der Waals surface area contributed by atoms with Crippen LogP contribution in [-0.2, 0) is 0 Å². The Kier molecular flexibility index (Phi) is 4.76. The van der Waals surface area contributed by atoms with Crippen LogP contribution < -0.4 is 10.6 Å². The zero-order valence-electron chi connectivity index (χ0n) is 13.7. The van der Waals surface area contributed by atoms with Crippen LogP contribution in [0.5, 0.6) is 0 Å². The summed E-state index contributed by atoms with van der Waals surface area (Å²) in [5.74, 6) is 0.544. The van der Waals surface area contributed by atoms with Crippen LogP contribution in [-0.4, -0.2) is 42.1 Å². The van der Waals surface area contributed by atoms with Gasteiger partial charge < -0.3 is 15.5 Å². The quantitative estimate of drug-likeness (QED) is 0.915. The lowest BCUT2D eigenvalue weighted by Gasteiger charge is -2.33. The van der Waals surface area contributed by atoms with Crippen LogP contribution >= 0.6 is 0 Å². The maximum atomic E-state index is 12.3. The van der Waals surface area contributed by atoms with Crippen LogP contribution in [0.15, 0.2) is 36.5 Å². The Hall–Kier alpha value is -2.14. The molecule has 3 rings (SSSR count). The topological polar surface area (TPSA) is 57.3 Å². The summed E-state index contributed by atoms with van der Waals surface area (Å²) in [5.41, 5.74) is 1.56. The number of carbonyl (C=O) groups is 1. The van der Waals surface area contributed by atoms with E-state index in [4.69, 9.17) is 0 Å². The van der Waals surface area contributed by atoms with Gasteiger partial charge in [0.1, 0.15) is 0 Å². The second-order valence-electron chi connectivity index (χ2n) is 6.41. The van der Waals surface area contributed by atoms with Crippen LogP contribution in [0.25, 0.3) is 10.9 Å². The van der Waals surface area contributed by atoms with Gasteiger partial charge in [-0.3, -0.25) is 4.98 Å². The van der Waals surface area contributed by atoms with Crippen molar-refractivity contribution in [2.75, 3.05) is 25.5 Å². The van der Waals surface area contributed by atoms with Gasteiger partial charge >= 0.3 is 6.03 Å². The Bertz CT molecular complexity index is 674. The highest BCUT2D eigenvalue weighted by molar-refractivity contribution is 5.99. The summed E-state index contributed by atoms with van der Waals surface area (Å²) in [6.07, 6.45) is 4.01. The van der Waals surface area contributed by atoms with Gasteiger partial charge in [0, 0.05) is 17.6 Å². The standard InChI is InChI=1S/C18H24N4O/c1-13(14-8-11-22(2)12-9-14)20-18(23)21-16-7-3-5-15-6-4-10-19-17(15)16/h3-7,10,13-14H,8-9,11-12H2,1-2H3,(H2,20,21,23)/t13-/m1/s1. The molecule has 1 fully saturated rings. The van der Waals surface area contributed by atoms with Gasteiger partial charge in [-0.2, -0.15) is 0 Å². The van der Waals surface area contributed by atoms with Crippen LogP contribution in [0.4, 0.5) is 10.5 Å². The second kappa shape index (κ2) is 6.96. The molecule has 1 aliphatic heterocycles. The molecule has 0 bridgehead atoms. The van der Waals surface area contributed by atoms with Crippen LogP contribution in [0.2, 0.25) is 0 Å². The van der Waals surface area contributed by atoms with Crippen molar-refractivity contribution >= 4 is 22.6 Å². The van der Waals surface area contributed by atoms with Gasteiger partial charge in [-0.25, -0.2) is 4.79 Å². The van der Waals surface area contributed by atoms with E-state index in [1.54, 1.807) is 6.20 Å². The van der Waals surface area contributed by atoms with E-state index in [9.17, 15) is 4.79 Å². The maximum Gasteiger partial charge on any atom is 0.319 e. The molecule has 122 valence electrons. The summed E-state index contributed by atoms with van der Waals surface area (Å²) >= 11 is 0. The number of fused-ring (bicyclic) bond motifs is 1. The Morgan fingerprint density at radius 3 is 2.78 bits per heavy atom. The molecule has 1 aromatic carbocycles. The van der Waals surface area contributed by atoms with E-state index in [0.29, 0.717) is 5.92 Å². The fourth-order valence-corrected chi connectivity index (χ4v) is 3.22. The number of urea groups is 1. The molecule has 0 aliphatic carbocycles. The molecule has 2 amide bonds. The minimum absolute atomic E-state index is 0.158. The third kappa shape index (κ3) is 3.79. The normalized spacial score (nSPS) is 17.8. The molecule has 0 radical (unpaired) electrons. The van der Waals surface area contributed by atoms with Crippen molar-refractivity contribution in [2.45, 2.75) is 25.8 Å². The second-order valence-corrected chi connectivity index (χ2v) is 6.41. The van der Waals surface area contributed by atoms with Crippen LogP contribution in [0, 0.1) is 5.92 Å².